The van der Waals surface area contributed by atoms with Crippen molar-refractivity contribution in [2.45, 2.75) is 33.6 Å². The van der Waals surface area contributed by atoms with Crippen LogP contribution in [-0.2, 0) is 0 Å². The third kappa shape index (κ3) is 6.59. The second-order valence-corrected chi connectivity index (χ2v) is 3.41. The number of hydrogen-bond donors (Lipinski definition) is 0. The van der Waals surface area contributed by atoms with Gasteiger partial charge in [-0.3, -0.25) is 0 Å². The van der Waals surface area contributed by atoms with E-state index in [-0.39, 0.29) is 0 Å². The molecule has 1 nitrogen and oxygen atoms in total. The first-order valence-corrected chi connectivity index (χ1v) is 5.24. The third-order valence-corrected chi connectivity index (χ3v) is 2.00. The summed E-state index contributed by atoms with van der Waals surface area (Å²) in [5.41, 5.74) is 1.41. The van der Waals surface area contributed by atoms with Gasteiger partial charge in [0.15, 0.2) is 0 Å². The van der Waals surface area contributed by atoms with Gasteiger partial charge in [-0.05, 0) is 38.9 Å². The molecule has 0 rings (SSSR count). The fourth-order valence-corrected chi connectivity index (χ4v) is 1.28. The highest BCUT2D eigenvalue weighted by atomic mass is 15.1. The number of allylic oxidation sites excluding steroid dienone is 2. The fraction of sp³-hybridized carbons (Fsp3) is 0.667. The van der Waals surface area contributed by atoms with Crippen LogP contribution in [0.5, 0.6) is 0 Å². The molecule has 0 saturated carbocycles. The van der Waals surface area contributed by atoms with Gasteiger partial charge in [-0.2, -0.15) is 0 Å². The zero-order valence-electron chi connectivity index (χ0n) is 9.51. The molecule has 0 fully saturated rings. The monoisotopic (exact) mass is 181 g/mol. The average Bonchev–Trinajstić information content (AvgIpc) is 2.12. The van der Waals surface area contributed by atoms with Gasteiger partial charge < -0.3 is 4.90 Å². The second-order valence-electron chi connectivity index (χ2n) is 3.41. The predicted molar refractivity (Wildman–Crippen MR) is 61.0 cm³/mol. The van der Waals surface area contributed by atoms with E-state index in [1.165, 1.54) is 18.5 Å². The molecule has 0 aliphatic rings. The Balaban J connectivity index is 3.91. The predicted octanol–water partition coefficient (Wildman–Crippen LogP) is 3.24. The molecule has 76 valence electrons. The molecule has 0 aromatic rings. The van der Waals surface area contributed by atoms with Crippen molar-refractivity contribution in [1.29, 1.82) is 0 Å². The van der Waals surface area contributed by atoms with Crippen molar-refractivity contribution in [2.24, 2.45) is 0 Å². The first-order valence-electron chi connectivity index (χ1n) is 5.24. The molecule has 0 unspecified atom stereocenters. The van der Waals surface area contributed by atoms with Gasteiger partial charge in [0.05, 0.1) is 0 Å². The van der Waals surface area contributed by atoms with Crippen LogP contribution in [0, 0.1) is 0 Å². The first-order chi connectivity index (χ1) is 6.24. The van der Waals surface area contributed by atoms with E-state index in [1.54, 1.807) is 0 Å². The maximum absolute atomic E-state index is 2.36. The van der Waals surface area contributed by atoms with E-state index in [1.807, 2.05) is 0 Å². The molecule has 0 radical (unpaired) electrons. The Morgan fingerprint density at radius 2 is 2.00 bits per heavy atom. The van der Waals surface area contributed by atoms with E-state index in [4.69, 9.17) is 0 Å². The maximum atomic E-state index is 2.36. The molecule has 0 spiro atoms. The third-order valence-electron chi connectivity index (χ3n) is 2.00. The lowest BCUT2D eigenvalue weighted by atomic mass is 10.2. The van der Waals surface area contributed by atoms with Crippen LogP contribution in [0.25, 0.3) is 0 Å². The van der Waals surface area contributed by atoms with E-state index in [0.717, 1.165) is 13.0 Å². The van der Waals surface area contributed by atoms with Gasteiger partial charge in [-0.1, -0.05) is 32.1 Å². The Hall–Kier alpha value is -0.560. The van der Waals surface area contributed by atoms with Crippen molar-refractivity contribution >= 4 is 0 Å². The van der Waals surface area contributed by atoms with Crippen LogP contribution in [0.15, 0.2) is 23.8 Å². The molecule has 0 N–H and O–H groups in total. The molecule has 13 heavy (non-hydrogen) atoms. The molecule has 0 saturated heterocycles. The van der Waals surface area contributed by atoms with Crippen LogP contribution < -0.4 is 0 Å². The molecular weight excluding hydrogens is 158 g/mol. The molecule has 0 amide bonds. The van der Waals surface area contributed by atoms with Gasteiger partial charge in [-0.25, -0.2) is 0 Å². The summed E-state index contributed by atoms with van der Waals surface area (Å²) in [4.78, 5) is 2.36. The molecule has 0 bridgehead atoms. The Kier molecular flexibility index (Phi) is 7.71. The summed E-state index contributed by atoms with van der Waals surface area (Å²) in [6.45, 7) is 8.74. The number of likely N-dealkylation sites (N-methyl/N-ethyl adjacent to an activating group) is 1. The molecule has 0 aliphatic heterocycles. The summed E-state index contributed by atoms with van der Waals surface area (Å²) in [6, 6.07) is 0. The summed E-state index contributed by atoms with van der Waals surface area (Å²) in [6.07, 6.45) is 8.99. The number of rotatable bonds is 6. The minimum atomic E-state index is 1.07. The van der Waals surface area contributed by atoms with Crippen molar-refractivity contribution in [3.8, 4) is 0 Å². The number of nitrogens with zero attached hydrogens (tertiary/aromatic N) is 1. The van der Waals surface area contributed by atoms with Gasteiger partial charge in [-0.15, -0.1) is 0 Å². The Labute approximate surface area is 83.1 Å². The van der Waals surface area contributed by atoms with E-state index >= 15 is 0 Å². The molecule has 0 aromatic heterocycles. The largest absolute Gasteiger partial charge is 0.302 e. The van der Waals surface area contributed by atoms with Crippen molar-refractivity contribution in [3.63, 3.8) is 0 Å². The topological polar surface area (TPSA) is 3.24 Å². The highest BCUT2D eigenvalue weighted by molar-refractivity contribution is 5.19. The van der Waals surface area contributed by atoms with Gasteiger partial charge in [0.1, 0.15) is 0 Å². The molecule has 0 aromatic carbocycles. The summed E-state index contributed by atoms with van der Waals surface area (Å²) >= 11 is 0. The first kappa shape index (κ1) is 12.4. The molecular formula is C12H23N. The smallest absolute Gasteiger partial charge is 0.0227 e. The molecule has 0 aliphatic carbocycles. The zero-order chi connectivity index (χ0) is 10.1. The van der Waals surface area contributed by atoms with E-state index in [0.29, 0.717) is 0 Å². The fourth-order valence-electron chi connectivity index (χ4n) is 1.28. The van der Waals surface area contributed by atoms with Crippen LogP contribution in [0.1, 0.15) is 33.6 Å². The van der Waals surface area contributed by atoms with Gasteiger partial charge in [0, 0.05) is 6.54 Å². The summed E-state index contributed by atoms with van der Waals surface area (Å²) in [7, 11) is 2.17. The Morgan fingerprint density at radius 1 is 1.31 bits per heavy atom. The van der Waals surface area contributed by atoms with Crippen LogP contribution >= 0.6 is 0 Å². The maximum Gasteiger partial charge on any atom is 0.0227 e. The summed E-state index contributed by atoms with van der Waals surface area (Å²) in [5.74, 6) is 0. The van der Waals surface area contributed by atoms with Gasteiger partial charge in [0.2, 0.25) is 0 Å². The summed E-state index contributed by atoms with van der Waals surface area (Å²) in [5, 5.41) is 0. The molecule has 0 heterocycles. The normalized spacial score (nSPS) is 13.2. The Bertz CT molecular complexity index is 168. The lowest BCUT2D eigenvalue weighted by molar-refractivity contribution is 0.365. The molecule has 0 atom stereocenters. The molecule has 1 heteroatoms. The van der Waals surface area contributed by atoms with Crippen molar-refractivity contribution in [2.75, 3.05) is 20.1 Å². The van der Waals surface area contributed by atoms with Crippen molar-refractivity contribution in [3.05, 3.63) is 23.8 Å². The van der Waals surface area contributed by atoms with Gasteiger partial charge >= 0.3 is 0 Å². The minimum absolute atomic E-state index is 1.07. The van der Waals surface area contributed by atoms with Crippen LogP contribution in [0.4, 0.5) is 0 Å². The van der Waals surface area contributed by atoms with Crippen molar-refractivity contribution < 1.29 is 0 Å². The lowest BCUT2D eigenvalue weighted by Crippen LogP contribution is -2.21. The highest BCUT2D eigenvalue weighted by Crippen LogP contribution is 2.01. The highest BCUT2D eigenvalue weighted by Gasteiger charge is 1.97. The quantitative estimate of drug-likeness (QED) is 0.569. The second kappa shape index (κ2) is 8.06. The Morgan fingerprint density at radius 3 is 2.46 bits per heavy atom. The van der Waals surface area contributed by atoms with E-state index in [9.17, 15) is 0 Å². The van der Waals surface area contributed by atoms with E-state index < -0.39 is 0 Å². The number of hydrogen-bond acceptors (Lipinski definition) is 1. The van der Waals surface area contributed by atoms with Gasteiger partial charge in [0.25, 0.3) is 0 Å². The van der Waals surface area contributed by atoms with Crippen LogP contribution in [-0.4, -0.2) is 25.0 Å². The summed E-state index contributed by atoms with van der Waals surface area (Å²) < 4.78 is 0. The standard InChI is InChI=1S/C12H23N/c1-5-8-9-12(7-3)11-13(4)10-6-2/h7-9H,5-6,10-11H2,1-4H3/b9-8-,12-7+. The van der Waals surface area contributed by atoms with E-state index in [2.05, 4.69) is 50.9 Å². The van der Waals surface area contributed by atoms with Crippen LogP contribution in [0.3, 0.4) is 0 Å². The minimum Gasteiger partial charge on any atom is -0.302 e. The van der Waals surface area contributed by atoms with Crippen molar-refractivity contribution in [1.82, 2.24) is 4.90 Å². The SMILES string of the molecule is C/C=C(\C=C/CC)CN(C)CCC. The van der Waals surface area contributed by atoms with Crippen LogP contribution in [0.2, 0.25) is 0 Å². The lowest BCUT2D eigenvalue weighted by Gasteiger charge is -2.15. The zero-order valence-corrected chi connectivity index (χ0v) is 9.51. The average molecular weight is 181 g/mol.